The first-order valence-corrected chi connectivity index (χ1v) is 12.9. The first kappa shape index (κ1) is 22.6. The van der Waals surface area contributed by atoms with Crippen molar-refractivity contribution in [3.05, 3.63) is 47.5 Å². The SMILES string of the molecule is Cc1ccc(C)c(Sc2ccc(N)cc2SN2CCN(C(=O)C3CCCCC3)CC2)c1. The summed E-state index contributed by atoms with van der Waals surface area (Å²) in [5.41, 5.74) is 9.49. The second-order valence-corrected chi connectivity index (χ2v) is 11.0. The summed E-state index contributed by atoms with van der Waals surface area (Å²) >= 11 is 3.59. The van der Waals surface area contributed by atoms with Gasteiger partial charge in [-0.2, -0.15) is 0 Å². The molecule has 166 valence electrons. The van der Waals surface area contributed by atoms with Gasteiger partial charge in [-0.25, -0.2) is 4.31 Å². The monoisotopic (exact) mass is 455 g/mol. The van der Waals surface area contributed by atoms with E-state index >= 15 is 0 Å². The maximum Gasteiger partial charge on any atom is 0.225 e. The molecule has 2 aromatic carbocycles. The summed E-state index contributed by atoms with van der Waals surface area (Å²) in [4.78, 5) is 18.7. The van der Waals surface area contributed by atoms with Crippen molar-refractivity contribution in [2.75, 3.05) is 31.9 Å². The van der Waals surface area contributed by atoms with Crippen molar-refractivity contribution in [3.63, 3.8) is 0 Å². The van der Waals surface area contributed by atoms with Crippen LogP contribution >= 0.6 is 23.7 Å². The van der Waals surface area contributed by atoms with E-state index in [1.54, 1.807) is 11.9 Å². The van der Waals surface area contributed by atoms with Crippen molar-refractivity contribution in [2.24, 2.45) is 5.92 Å². The molecule has 1 aliphatic heterocycles. The number of amides is 1. The molecule has 0 unspecified atom stereocenters. The zero-order valence-electron chi connectivity index (χ0n) is 18.6. The van der Waals surface area contributed by atoms with Crippen LogP contribution in [0.5, 0.6) is 0 Å². The van der Waals surface area contributed by atoms with Gasteiger partial charge in [-0.1, -0.05) is 43.2 Å². The van der Waals surface area contributed by atoms with Gasteiger partial charge >= 0.3 is 0 Å². The molecule has 0 radical (unpaired) electrons. The van der Waals surface area contributed by atoms with Crippen LogP contribution in [-0.4, -0.2) is 41.3 Å². The van der Waals surface area contributed by atoms with Gasteiger partial charge in [0.2, 0.25) is 5.91 Å². The van der Waals surface area contributed by atoms with Crippen LogP contribution in [0.1, 0.15) is 43.2 Å². The average molecular weight is 456 g/mol. The molecule has 0 aromatic heterocycles. The first-order chi connectivity index (χ1) is 15.0. The number of nitrogens with two attached hydrogens (primary N) is 1. The zero-order chi connectivity index (χ0) is 21.8. The molecule has 1 aliphatic carbocycles. The number of aryl methyl sites for hydroxylation is 2. The molecule has 0 bridgehead atoms. The van der Waals surface area contributed by atoms with Gasteiger partial charge in [-0.3, -0.25) is 4.79 Å². The highest BCUT2D eigenvalue weighted by Crippen LogP contribution is 2.39. The van der Waals surface area contributed by atoms with Crippen molar-refractivity contribution in [2.45, 2.75) is 60.6 Å². The van der Waals surface area contributed by atoms with E-state index in [0.29, 0.717) is 5.91 Å². The maximum absolute atomic E-state index is 12.9. The Morgan fingerprint density at radius 1 is 0.903 bits per heavy atom. The Balaban J connectivity index is 1.40. The van der Waals surface area contributed by atoms with E-state index in [4.69, 9.17) is 5.73 Å². The number of carbonyl (C=O) groups excluding carboxylic acids is 1. The standard InChI is InChI=1S/C25H33N3OS2/c1-18-8-9-19(2)23(16-18)30-22-11-10-21(26)17-24(22)31-28-14-12-27(13-15-28)25(29)20-6-4-3-5-7-20/h8-11,16-17,20H,3-7,12-15,26H2,1-2H3. The lowest BCUT2D eigenvalue weighted by atomic mass is 9.88. The number of anilines is 1. The van der Waals surface area contributed by atoms with E-state index in [9.17, 15) is 4.79 Å². The summed E-state index contributed by atoms with van der Waals surface area (Å²) < 4.78 is 2.38. The van der Waals surface area contributed by atoms with Gasteiger partial charge in [0.1, 0.15) is 0 Å². The molecule has 2 aliphatic rings. The molecular weight excluding hydrogens is 422 g/mol. The number of hydrogen-bond donors (Lipinski definition) is 1. The number of benzene rings is 2. The number of nitrogen functional groups attached to an aromatic ring is 1. The maximum atomic E-state index is 12.9. The van der Waals surface area contributed by atoms with Crippen molar-refractivity contribution in [1.82, 2.24) is 9.21 Å². The Labute approximate surface area is 195 Å². The Morgan fingerprint density at radius 2 is 1.65 bits per heavy atom. The van der Waals surface area contributed by atoms with Crippen molar-refractivity contribution >= 4 is 35.3 Å². The quantitative estimate of drug-likeness (QED) is 0.458. The molecule has 1 saturated carbocycles. The minimum Gasteiger partial charge on any atom is -0.399 e. The average Bonchev–Trinajstić information content (AvgIpc) is 2.78. The van der Waals surface area contributed by atoms with Gasteiger partial charge in [-0.05, 0) is 74.0 Å². The normalized spacial score (nSPS) is 18.3. The summed E-state index contributed by atoms with van der Waals surface area (Å²) in [5.74, 6) is 0.655. The third kappa shape index (κ3) is 5.79. The molecule has 4 rings (SSSR count). The van der Waals surface area contributed by atoms with Crippen LogP contribution < -0.4 is 5.73 Å². The Bertz CT molecular complexity index is 919. The van der Waals surface area contributed by atoms with Gasteiger partial charge in [0.15, 0.2) is 0 Å². The highest BCUT2D eigenvalue weighted by Gasteiger charge is 2.29. The molecule has 31 heavy (non-hydrogen) atoms. The van der Waals surface area contributed by atoms with E-state index in [1.807, 2.05) is 17.8 Å². The fraction of sp³-hybridized carbons (Fsp3) is 0.480. The minimum atomic E-state index is 0.266. The summed E-state index contributed by atoms with van der Waals surface area (Å²) in [7, 11) is 0. The minimum absolute atomic E-state index is 0.266. The molecule has 4 nitrogen and oxygen atoms in total. The Morgan fingerprint density at radius 3 is 2.39 bits per heavy atom. The largest absolute Gasteiger partial charge is 0.399 e. The number of rotatable bonds is 5. The van der Waals surface area contributed by atoms with E-state index < -0.39 is 0 Å². The highest BCUT2D eigenvalue weighted by atomic mass is 32.2. The molecular formula is C25H33N3OS2. The van der Waals surface area contributed by atoms with E-state index in [1.165, 1.54) is 45.1 Å². The lowest BCUT2D eigenvalue weighted by molar-refractivity contribution is -0.137. The van der Waals surface area contributed by atoms with Gasteiger partial charge in [0.25, 0.3) is 0 Å². The van der Waals surface area contributed by atoms with E-state index in [2.05, 4.69) is 53.4 Å². The molecule has 0 atom stereocenters. The first-order valence-electron chi connectivity index (χ1n) is 11.4. The van der Waals surface area contributed by atoms with Crippen LogP contribution in [0.4, 0.5) is 5.69 Å². The number of nitrogens with zero attached hydrogens (tertiary/aromatic N) is 2. The van der Waals surface area contributed by atoms with Crippen LogP contribution in [0.3, 0.4) is 0 Å². The Hall–Kier alpha value is -1.63. The van der Waals surface area contributed by atoms with Gasteiger partial charge in [-0.15, -0.1) is 0 Å². The topological polar surface area (TPSA) is 49.6 Å². The predicted octanol–water partition coefficient (Wildman–Crippen LogP) is 5.77. The Kier molecular flexibility index (Phi) is 7.51. The molecule has 2 N–H and O–H groups in total. The van der Waals surface area contributed by atoms with Gasteiger partial charge < -0.3 is 10.6 Å². The molecule has 0 spiro atoms. The van der Waals surface area contributed by atoms with Crippen LogP contribution in [0.2, 0.25) is 0 Å². The zero-order valence-corrected chi connectivity index (χ0v) is 20.2. The number of piperazine rings is 1. The van der Waals surface area contributed by atoms with Crippen molar-refractivity contribution in [3.8, 4) is 0 Å². The third-order valence-electron chi connectivity index (χ3n) is 6.26. The van der Waals surface area contributed by atoms with Crippen LogP contribution in [0, 0.1) is 19.8 Å². The molecule has 6 heteroatoms. The second-order valence-electron chi connectivity index (χ2n) is 8.76. The van der Waals surface area contributed by atoms with Crippen LogP contribution in [0.15, 0.2) is 51.1 Å². The fourth-order valence-corrected chi connectivity index (χ4v) is 6.58. The lowest BCUT2D eigenvalue weighted by Crippen LogP contribution is -2.48. The van der Waals surface area contributed by atoms with Gasteiger partial charge in [0, 0.05) is 52.5 Å². The number of carbonyl (C=O) groups is 1. The van der Waals surface area contributed by atoms with Crippen molar-refractivity contribution in [1.29, 1.82) is 0 Å². The molecule has 1 amide bonds. The van der Waals surface area contributed by atoms with E-state index in [-0.39, 0.29) is 5.92 Å². The molecule has 1 heterocycles. The number of hydrogen-bond acceptors (Lipinski definition) is 5. The highest BCUT2D eigenvalue weighted by molar-refractivity contribution is 8.01. The van der Waals surface area contributed by atoms with Crippen LogP contribution in [-0.2, 0) is 4.79 Å². The molecule has 2 aromatic rings. The van der Waals surface area contributed by atoms with Crippen molar-refractivity contribution < 1.29 is 4.79 Å². The fourth-order valence-electron chi connectivity index (χ4n) is 4.36. The summed E-state index contributed by atoms with van der Waals surface area (Å²) in [6.07, 6.45) is 5.87. The lowest BCUT2D eigenvalue weighted by Gasteiger charge is -2.36. The molecule has 1 saturated heterocycles. The predicted molar refractivity (Wildman–Crippen MR) is 131 cm³/mol. The second kappa shape index (κ2) is 10.3. The summed E-state index contributed by atoms with van der Waals surface area (Å²) in [5, 5.41) is 0. The van der Waals surface area contributed by atoms with Crippen LogP contribution in [0.25, 0.3) is 0 Å². The third-order valence-corrected chi connectivity index (χ3v) is 8.79. The van der Waals surface area contributed by atoms with E-state index in [0.717, 1.165) is 44.7 Å². The van der Waals surface area contributed by atoms with Gasteiger partial charge in [0.05, 0.1) is 0 Å². The smallest absolute Gasteiger partial charge is 0.225 e. The molecule has 2 fully saturated rings. The summed E-state index contributed by atoms with van der Waals surface area (Å²) in [6.45, 7) is 7.73. The summed E-state index contributed by atoms with van der Waals surface area (Å²) in [6, 6.07) is 12.8.